The molecule has 11 rings (SSSR count). The van der Waals surface area contributed by atoms with Crippen molar-refractivity contribution in [2.75, 3.05) is 9.80 Å². The first-order valence-corrected chi connectivity index (χ1v) is 26.4. The molecule has 1 aliphatic heterocycles. The van der Waals surface area contributed by atoms with Crippen LogP contribution >= 0.6 is 0 Å². The van der Waals surface area contributed by atoms with E-state index >= 15 is 0 Å². The van der Waals surface area contributed by atoms with Gasteiger partial charge in [-0.3, -0.25) is 0 Å². The summed E-state index contributed by atoms with van der Waals surface area (Å²) in [5.74, 6) is 2.02. The first-order chi connectivity index (χ1) is 35.7. The van der Waals surface area contributed by atoms with Gasteiger partial charge in [-0.2, -0.15) is 12.1 Å². The molecule has 1 aliphatic rings. The fourth-order valence-electron chi connectivity index (χ4n) is 10.5. The summed E-state index contributed by atoms with van der Waals surface area (Å²) in [6.45, 7) is 29.7. The van der Waals surface area contributed by atoms with Gasteiger partial charge in [0.15, 0.2) is 0 Å². The number of nitrogens with zero attached hydrogens (tertiary/aromatic N) is 4. The number of benzene rings is 8. The molecule has 0 saturated heterocycles. The van der Waals surface area contributed by atoms with Gasteiger partial charge in [0, 0.05) is 78.0 Å². The topological polar surface area (TPSA) is 33.5 Å². The summed E-state index contributed by atoms with van der Waals surface area (Å²) in [5.41, 5.74) is 17.9. The maximum absolute atomic E-state index is 6.84. The van der Waals surface area contributed by atoms with Crippen LogP contribution in [0.25, 0.3) is 61.0 Å². The van der Waals surface area contributed by atoms with Gasteiger partial charge in [0.1, 0.15) is 5.82 Å². The number of hydrogen-bond donors (Lipinski definition) is 0. The molecule has 0 saturated carbocycles. The van der Waals surface area contributed by atoms with Gasteiger partial charge in [0.2, 0.25) is 0 Å². The summed E-state index contributed by atoms with van der Waals surface area (Å²) in [6.07, 6.45) is 2.04. The van der Waals surface area contributed by atoms with Crippen LogP contribution in [0.3, 0.4) is 0 Å². The molecule has 10 aromatic rings. The quantitative estimate of drug-likeness (QED) is 0.142. The Balaban J connectivity index is 0.00000657. The minimum absolute atomic E-state index is 0. The maximum Gasteiger partial charge on any atom is 0.135 e. The van der Waals surface area contributed by atoms with Crippen LogP contribution in [0.15, 0.2) is 182 Å². The smallest absolute Gasteiger partial charge is 0.135 e. The number of aromatic nitrogens is 2. The normalized spacial score (nSPS) is 13.1. The second-order valence-corrected chi connectivity index (χ2v) is 24.3. The molecule has 6 heteroatoms. The molecule has 2 aromatic heterocycles. The van der Waals surface area contributed by atoms with Gasteiger partial charge >= 0.3 is 0 Å². The Morgan fingerprint density at radius 2 is 1.01 bits per heavy atom. The van der Waals surface area contributed by atoms with Gasteiger partial charge in [-0.05, 0) is 90.3 Å². The molecule has 76 heavy (non-hydrogen) atoms. The van der Waals surface area contributed by atoms with Gasteiger partial charge in [0.05, 0.1) is 0 Å². The maximum atomic E-state index is 6.84. The third kappa shape index (κ3) is 9.91. The average molecular weight is 1180 g/mol. The van der Waals surface area contributed by atoms with E-state index in [4.69, 9.17) is 9.72 Å². The molecule has 0 radical (unpaired) electrons. The first-order valence-electron chi connectivity index (χ1n) is 26.4. The number of rotatable bonds is 8. The minimum atomic E-state index is -0.147. The summed E-state index contributed by atoms with van der Waals surface area (Å²) in [4.78, 5) is 9.81. The van der Waals surface area contributed by atoms with Crippen LogP contribution in [0, 0.1) is 18.8 Å². The molecule has 0 spiro atoms. The molecule has 0 bridgehead atoms. The van der Waals surface area contributed by atoms with Crippen LogP contribution in [0.5, 0.6) is 11.5 Å². The molecule has 0 amide bonds. The van der Waals surface area contributed by atoms with Crippen molar-refractivity contribution >= 4 is 44.6 Å². The third-order valence-electron chi connectivity index (χ3n) is 14.7. The van der Waals surface area contributed by atoms with Crippen molar-refractivity contribution in [1.29, 1.82) is 0 Å². The Bertz CT molecular complexity index is 3740. The predicted molar refractivity (Wildman–Crippen MR) is 315 cm³/mol. The fraction of sp³-hybridized carbons (Fsp3) is 0.229. The number of fused-ring (bicyclic) bond motifs is 4. The van der Waals surface area contributed by atoms with E-state index in [9.17, 15) is 0 Å². The van der Waals surface area contributed by atoms with Crippen LogP contribution in [0.1, 0.15) is 105 Å². The number of pyridine rings is 1. The molecule has 0 fully saturated rings. The van der Waals surface area contributed by atoms with Gasteiger partial charge in [-0.1, -0.05) is 210 Å². The first kappa shape index (κ1) is 52.2. The molecule has 386 valence electrons. The monoisotopic (exact) mass is 1170 g/mol. The van der Waals surface area contributed by atoms with E-state index in [0.717, 1.165) is 78.2 Å². The van der Waals surface area contributed by atoms with Gasteiger partial charge in [0.25, 0.3) is 0 Å². The number of anilines is 4. The summed E-state index contributed by atoms with van der Waals surface area (Å²) in [5, 5.41) is 2.24. The average Bonchev–Trinajstić information content (AvgIpc) is 3.95. The zero-order valence-corrected chi connectivity index (χ0v) is 48.2. The molecule has 0 aliphatic carbocycles. The van der Waals surface area contributed by atoms with E-state index in [1.54, 1.807) is 0 Å². The Labute approximate surface area is 465 Å². The molecule has 0 N–H and O–H groups in total. The molecule has 0 atom stereocenters. The van der Waals surface area contributed by atoms with E-state index in [-0.39, 0.29) is 42.7 Å². The van der Waals surface area contributed by atoms with Crippen molar-refractivity contribution < 1.29 is 25.8 Å². The zero-order valence-electron chi connectivity index (χ0n) is 45.9. The summed E-state index contributed by atoms with van der Waals surface area (Å²) >= 11 is 0. The Kier molecular flexibility index (Phi) is 13.6. The van der Waals surface area contributed by atoms with Crippen LogP contribution < -0.4 is 14.5 Å². The van der Waals surface area contributed by atoms with E-state index in [0.29, 0.717) is 11.5 Å². The van der Waals surface area contributed by atoms with E-state index in [2.05, 4.69) is 274 Å². The zero-order chi connectivity index (χ0) is 52.6. The van der Waals surface area contributed by atoms with Crippen LogP contribution in [0.4, 0.5) is 22.7 Å². The van der Waals surface area contributed by atoms with Crippen molar-refractivity contribution in [3.8, 4) is 50.7 Å². The van der Waals surface area contributed by atoms with Crippen molar-refractivity contribution in [2.24, 2.45) is 0 Å². The van der Waals surface area contributed by atoms with E-state index in [1.807, 2.05) is 24.4 Å². The summed E-state index contributed by atoms with van der Waals surface area (Å²) < 4.78 is 9.09. The molecule has 0 unspecified atom stereocenters. The second kappa shape index (κ2) is 19.7. The molecular weight excluding hydrogens is 1110 g/mol. The van der Waals surface area contributed by atoms with Crippen LogP contribution in [0.2, 0.25) is 0 Å². The van der Waals surface area contributed by atoms with Crippen molar-refractivity contribution in [3.05, 3.63) is 223 Å². The van der Waals surface area contributed by atoms with Gasteiger partial charge < -0.3 is 19.1 Å². The fourth-order valence-corrected chi connectivity index (χ4v) is 10.5. The molecular formula is C70H67N4OPt-3. The Morgan fingerprint density at radius 3 is 1.63 bits per heavy atom. The van der Waals surface area contributed by atoms with Crippen molar-refractivity contribution in [2.45, 2.75) is 105 Å². The number of hydrogen-bond acceptors (Lipinski definition) is 4. The summed E-state index contributed by atoms with van der Waals surface area (Å²) in [6, 6.07) is 70.8. The van der Waals surface area contributed by atoms with E-state index < -0.39 is 0 Å². The van der Waals surface area contributed by atoms with Gasteiger partial charge in [-0.25, -0.2) is 4.98 Å². The minimum Gasteiger partial charge on any atom is -0.509 e. The summed E-state index contributed by atoms with van der Waals surface area (Å²) in [7, 11) is 0. The number of ether oxygens (including phenoxy) is 1. The van der Waals surface area contributed by atoms with Crippen LogP contribution in [-0.2, 0) is 42.7 Å². The standard InChI is InChI=1S/C70H67N4O.Pt/c1-67(2,3)49-33-36-61-58(40-49)57-35-34-54(42-64(57)74(61)65-43-60(70(10,11)12)59(44-71-65)47-25-17-14-18-26-47)75-53-28-21-27-52(41-53)72-45-73(63-32-20-19-31-62(63)72)66-55(46-23-15-13-16-24-46)29-22-30-56(66)48-37-50(68(4,5)6)39-51(38-48)69(7,8)9;/h13-40,43-45H,1-12H3;/q-3;. The second-order valence-electron chi connectivity index (χ2n) is 24.3. The SMILES string of the molecule is CC(C)(C)c1cc(-c2cccc(-c3ccccc3)c2N2[CH-]N(c3[c-]c(Oc4[c-]c5c(cc4)c4cc(C(C)(C)C)ccc4n5-c4cc(C(C)(C)C)c(-c5ccccc5)cn4)ccc3)c3ccccc32)cc(C(C)(C)C)c1.[Pt]. The van der Waals surface area contributed by atoms with E-state index in [1.165, 1.54) is 27.8 Å². The molecule has 3 heterocycles. The molecule has 5 nitrogen and oxygen atoms in total. The molecule has 8 aromatic carbocycles. The van der Waals surface area contributed by atoms with Crippen molar-refractivity contribution in [3.63, 3.8) is 0 Å². The van der Waals surface area contributed by atoms with Crippen molar-refractivity contribution in [1.82, 2.24) is 9.55 Å². The Morgan fingerprint density at radius 1 is 0.447 bits per heavy atom. The predicted octanol–water partition coefficient (Wildman–Crippen LogP) is 19.2. The third-order valence-corrected chi connectivity index (χ3v) is 14.7. The van der Waals surface area contributed by atoms with Gasteiger partial charge in [-0.15, -0.1) is 48.1 Å². The Hall–Kier alpha value is -7.20. The largest absolute Gasteiger partial charge is 0.509 e. The number of para-hydroxylation sites is 3. The van der Waals surface area contributed by atoms with Crippen LogP contribution in [-0.4, -0.2) is 9.55 Å².